The van der Waals surface area contributed by atoms with E-state index in [-0.39, 0.29) is 4.91 Å². The molecule has 2 rings (SSSR count). The maximum Gasteiger partial charge on any atom is 0.213 e. The largest absolute Gasteiger partial charge is 0.544 e. The molecule has 0 aliphatic rings. The number of aliphatic carboxylic acids is 1. The molecule has 5 nitrogen and oxygen atoms in total. The number of benzene rings is 1. The van der Waals surface area contributed by atoms with Crippen LogP contribution in [0.1, 0.15) is 30.3 Å². The minimum atomic E-state index is -1.23. The van der Waals surface area contributed by atoms with Gasteiger partial charge in [-0.15, -0.1) is 5.10 Å². The van der Waals surface area contributed by atoms with Crippen LogP contribution >= 0.6 is 11.8 Å². The van der Waals surface area contributed by atoms with E-state index in [1.54, 1.807) is 6.08 Å². The molecule has 0 fully saturated rings. The number of thioether (sulfide) groups is 1. The van der Waals surface area contributed by atoms with Gasteiger partial charge in [0.25, 0.3) is 0 Å². The molecule has 6 heteroatoms. The Kier molecular flexibility index (Phi) is 5.16. The van der Waals surface area contributed by atoms with E-state index in [9.17, 15) is 9.90 Å². The van der Waals surface area contributed by atoms with Gasteiger partial charge in [-0.25, -0.2) is 4.98 Å². The molecule has 0 saturated heterocycles. The molecule has 0 spiro atoms. The van der Waals surface area contributed by atoms with Crippen molar-refractivity contribution < 1.29 is 9.90 Å². The Morgan fingerprint density at radius 3 is 2.71 bits per heavy atom. The van der Waals surface area contributed by atoms with Crippen molar-refractivity contribution in [3.63, 3.8) is 0 Å². The molecule has 21 heavy (non-hydrogen) atoms. The summed E-state index contributed by atoms with van der Waals surface area (Å²) in [6.07, 6.45) is 3.30. The van der Waals surface area contributed by atoms with Gasteiger partial charge in [-0.3, -0.25) is 5.10 Å². The fourth-order valence-electron chi connectivity index (χ4n) is 1.71. The zero-order valence-electron chi connectivity index (χ0n) is 11.9. The second-order valence-electron chi connectivity index (χ2n) is 4.62. The van der Waals surface area contributed by atoms with Crippen LogP contribution in [-0.4, -0.2) is 21.2 Å². The Balaban J connectivity index is 2.18. The van der Waals surface area contributed by atoms with E-state index in [1.807, 2.05) is 38.1 Å². The molecule has 1 aromatic heterocycles. The van der Waals surface area contributed by atoms with Crippen molar-refractivity contribution in [2.24, 2.45) is 0 Å². The Bertz CT molecular complexity index is 647. The minimum absolute atomic E-state index is 0.0842. The van der Waals surface area contributed by atoms with Gasteiger partial charge in [0.15, 0.2) is 0 Å². The molecule has 0 saturated carbocycles. The topological polar surface area (TPSA) is 81.7 Å². The lowest BCUT2D eigenvalue weighted by Crippen LogP contribution is -2.23. The van der Waals surface area contributed by atoms with E-state index in [1.165, 1.54) is 0 Å². The van der Waals surface area contributed by atoms with Crippen LogP contribution in [0.25, 0.3) is 6.08 Å². The Morgan fingerprint density at radius 2 is 2.10 bits per heavy atom. The number of carboxylic acids is 1. The molecule has 0 atom stereocenters. The normalized spacial score (nSPS) is 11.6. The third-order valence-corrected chi connectivity index (χ3v) is 3.65. The molecule has 0 aliphatic carbocycles. The Labute approximate surface area is 127 Å². The van der Waals surface area contributed by atoms with E-state index in [0.717, 1.165) is 41.6 Å². The summed E-state index contributed by atoms with van der Waals surface area (Å²) in [4.78, 5) is 15.6. The monoisotopic (exact) mass is 302 g/mol. The van der Waals surface area contributed by atoms with Gasteiger partial charge in [-0.2, -0.15) is 0 Å². The van der Waals surface area contributed by atoms with Gasteiger partial charge in [0.05, 0.1) is 5.97 Å². The summed E-state index contributed by atoms with van der Waals surface area (Å²) in [5, 5.41) is 18.4. The van der Waals surface area contributed by atoms with Gasteiger partial charge in [-0.05, 0) is 36.7 Å². The molecular weight excluding hydrogens is 286 g/mol. The molecule has 2 aromatic rings. The average molecular weight is 302 g/mol. The molecule has 110 valence electrons. The highest BCUT2D eigenvalue weighted by Gasteiger charge is 2.08. The number of nitrogens with one attached hydrogen (secondary N) is 1. The van der Waals surface area contributed by atoms with Gasteiger partial charge in [0.1, 0.15) is 5.82 Å². The summed E-state index contributed by atoms with van der Waals surface area (Å²) in [7, 11) is 0. The van der Waals surface area contributed by atoms with Crippen molar-refractivity contribution >= 4 is 23.8 Å². The van der Waals surface area contributed by atoms with E-state index in [2.05, 4.69) is 15.2 Å². The zero-order valence-corrected chi connectivity index (χ0v) is 12.7. The van der Waals surface area contributed by atoms with Crippen molar-refractivity contribution in [3.05, 3.63) is 46.1 Å². The lowest BCUT2D eigenvalue weighted by Gasteiger charge is -2.05. The first-order valence-electron chi connectivity index (χ1n) is 6.67. The molecule has 1 N–H and O–H groups in total. The van der Waals surface area contributed by atoms with Crippen molar-refractivity contribution in [1.29, 1.82) is 0 Å². The summed E-state index contributed by atoms with van der Waals surface area (Å²) in [5.74, 6) is -0.476. The van der Waals surface area contributed by atoms with Crippen LogP contribution in [0, 0.1) is 6.92 Å². The fourth-order valence-corrected chi connectivity index (χ4v) is 2.44. The maximum absolute atomic E-state index is 11.2. The lowest BCUT2D eigenvalue weighted by atomic mass is 10.1. The Morgan fingerprint density at radius 1 is 1.38 bits per heavy atom. The van der Waals surface area contributed by atoms with Crippen molar-refractivity contribution in [1.82, 2.24) is 15.2 Å². The van der Waals surface area contributed by atoms with Crippen LogP contribution in [0.2, 0.25) is 0 Å². The second kappa shape index (κ2) is 7.08. The van der Waals surface area contributed by atoms with Crippen LogP contribution in [-0.2, 0) is 11.2 Å². The van der Waals surface area contributed by atoms with Crippen LogP contribution in [0.4, 0.5) is 0 Å². The lowest BCUT2D eigenvalue weighted by molar-refractivity contribution is -0.297. The SMILES string of the molecule is CCCc1nc(S/C(=C\c2ccc(C)cc2)C(=O)[O-])n[nH]1. The molecule has 0 unspecified atom stereocenters. The quantitative estimate of drug-likeness (QED) is 0.651. The highest BCUT2D eigenvalue weighted by molar-refractivity contribution is 8.04. The number of nitrogens with zero attached hydrogens (tertiary/aromatic N) is 2. The third kappa shape index (κ3) is 4.46. The third-order valence-electron chi connectivity index (χ3n) is 2.78. The highest BCUT2D eigenvalue weighted by Crippen LogP contribution is 2.25. The van der Waals surface area contributed by atoms with Gasteiger partial charge >= 0.3 is 0 Å². The molecule has 1 aromatic carbocycles. The number of hydrogen-bond donors (Lipinski definition) is 1. The van der Waals surface area contributed by atoms with E-state index in [4.69, 9.17) is 0 Å². The van der Waals surface area contributed by atoms with Crippen LogP contribution in [0.15, 0.2) is 34.3 Å². The predicted octanol–water partition coefficient (Wildman–Crippen LogP) is 1.95. The zero-order chi connectivity index (χ0) is 15.2. The first-order chi connectivity index (χ1) is 10.1. The van der Waals surface area contributed by atoms with E-state index in [0.29, 0.717) is 5.16 Å². The molecule has 0 aliphatic heterocycles. The molecule has 0 radical (unpaired) electrons. The smallest absolute Gasteiger partial charge is 0.213 e. The van der Waals surface area contributed by atoms with Gasteiger partial charge in [0, 0.05) is 11.3 Å². The van der Waals surface area contributed by atoms with E-state index < -0.39 is 5.97 Å². The molecule has 0 bridgehead atoms. The minimum Gasteiger partial charge on any atom is -0.544 e. The summed E-state index contributed by atoms with van der Waals surface area (Å²) >= 11 is 0.988. The second-order valence-corrected chi connectivity index (χ2v) is 5.63. The molecule has 0 amide bonds. The van der Waals surface area contributed by atoms with Gasteiger partial charge in [-0.1, -0.05) is 36.8 Å². The van der Waals surface area contributed by atoms with Crippen molar-refractivity contribution in [3.8, 4) is 0 Å². The summed E-state index contributed by atoms with van der Waals surface area (Å²) in [5.41, 5.74) is 1.92. The first kappa shape index (κ1) is 15.3. The number of hydrogen-bond acceptors (Lipinski definition) is 5. The number of aromatic nitrogens is 3. The molecular formula is C15H16N3O2S-. The van der Waals surface area contributed by atoms with Crippen LogP contribution < -0.4 is 5.11 Å². The Hall–Kier alpha value is -2.08. The summed E-state index contributed by atoms with van der Waals surface area (Å²) < 4.78 is 0. The van der Waals surface area contributed by atoms with Crippen LogP contribution in [0.5, 0.6) is 0 Å². The van der Waals surface area contributed by atoms with Crippen molar-refractivity contribution in [2.75, 3.05) is 0 Å². The summed E-state index contributed by atoms with van der Waals surface area (Å²) in [6, 6.07) is 7.57. The molecule has 1 heterocycles. The van der Waals surface area contributed by atoms with Gasteiger partial charge < -0.3 is 9.90 Å². The van der Waals surface area contributed by atoms with Crippen LogP contribution in [0.3, 0.4) is 0 Å². The number of H-pyrrole nitrogens is 1. The maximum atomic E-state index is 11.2. The number of aryl methyl sites for hydroxylation is 2. The number of carbonyl (C=O) groups is 1. The number of carbonyl (C=O) groups excluding carboxylic acids is 1. The van der Waals surface area contributed by atoms with Gasteiger partial charge in [0.2, 0.25) is 5.16 Å². The number of aromatic amines is 1. The number of rotatable bonds is 6. The van der Waals surface area contributed by atoms with E-state index >= 15 is 0 Å². The highest BCUT2D eigenvalue weighted by atomic mass is 32.2. The average Bonchev–Trinajstić information content (AvgIpc) is 2.88. The number of carboxylic acid groups (broad SMARTS) is 1. The summed E-state index contributed by atoms with van der Waals surface area (Å²) in [6.45, 7) is 4.02. The standard InChI is InChI=1S/C15H17N3O2S/c1-3-4-13-16-15(18-17-13)21-12(14(19)20)9-11-7-5-10(2)6-8-11/h5-9H,3-4H2,1-2H3,(H,19,20)(H,16,17,18)/p-1/b12-9-. The predicted molar refractivity (Wildman–Crippen MR) is 80.4 cm³/mol. The fraction of sp³-hybridized carbons (Fsp3) is 0.267. The van der Waals surface area contributed by atoms with Crippen molar-refractivity contribution in [2.45, 2.75) is 31.8 Å². The first-order valence-corrected chi connectivity index (χ1v) is 7.49.